The van der Waals surface area contributed by atoms with Gasteiger partial charge in [0, 0.05) is 29.6 Å². The molecule has 136 valence electrons. The van der Waals surface area contributed by atoms with Gasteiger partial charge in [0.2, 0.25) is 15.9 Å². The number of fused-ring (bicyclic) bond motifs is 1. The summed E-state index contributed by atoms with van der Waals surface area (Å²) in [5, 5.41) is 2.79. The number of hydrogen-bond acceptors (Lipinski definition) is 5. The Labute approximate surface area is 151 Å². The first-order chi connectivity index (χ1) is 11.8. The summed E-state index contributed by atoms with van der Waals surface area (Å²) >= 11 is 1.45. The zero-order valence-corrected chi connectivity index (χ0v) is 15.6. The largest absolute Gasteiger partial charge is 0.334 e. The van der Waals surface area contributed by atoms with Crippen LogP contribution < -0.4 is 10.0 Å². The second-order valence-corrected chi connectivity index (χ2v) is 9.17. The van der Waals surface area contributed by atoms with E-state index in [1.807, 2.05) is 6.07 Å². The predicted molar refractivity (Wildman–Crippen MR) is 97.3 cm³/mol. The molecule has 0 spiro atoms. The van der Waals surface area contributed by atoms with Gasteiger partial charge < -0.3 is 10.2 Å². The number of nitrogens with zero attached hydrogens (tertiary/aromatic N) is 1. The highest BCUT2D eigenvalue weighted by Gasteiger charge is 2.29. The number of benzene rings is 1. The summed E-state index contributed by atoms with van der Waals surface area (Å²) in [6.07, 6.45) is 3.76. The predicted octanol–water partition coefficient (Wildman–Crippen LogP) is 1.27. The molecule has 3 rings (SSSR count). The van der Waals surface area contributed by atoms with Crippen LogP contribution in [-0.2, 0) is 14.8 Å². The molecule has 0 radical (unpaired) electrons. The van der Waals surface area contributed by atoms with Gasteiger partial charge in [0.1, 0.15) is 0 Å². The molecule has 0 bridgehead atoms. The van der Waals surface area contributed by atoms with E-state index in [0.717, 1.165) is 30.4 Å². The van der Waals surface area contributed by atoms with Crippen molar-refractivity contribution in [2.45, 2.75) is 30.2 Å². The number of carbonyl (C=O) groups excluding carboxylic acids is 2. The Kier molecular flexibility index (Phi) is 5.35. The molecule has 2 N–H and O–H groups in total. The van der Waals surface area contributed by atoms with Crippen molar-refractivity contribution < 1.29 is 18.0 Å². The number of carbonyl (C=O) groups is 2. The SMILES string of the molecule is CS(=O)(=O)NC[C@@H]1CCCCN1C(=O)c1ccc2c(c1)NC(=O)CS2. The maximum absolute atomic E-state index is 12.9. The van der Waals surface area contributed by atoms with Crippen molar-refractivity contribution >= 4 is 39.3 Å². The molecule has 2 aliphatic heterocycles. The number of sulfonamides is 1. The second-order valence-electron chi connectivity index (χ2n) is 6.32. The summed E-state index contributed by atoms with van der Waals surface area (Å²) in [4.78, 5) is 27.2. The smallest absolute Gasteiger partial charge is 0.254 e. The molecule has 0 aromatic heterocycles. The fourth-order valence-corrected chi connectivity index (χ4v) is 4.39. The normalized spacial score (nSPS) is 20.8. The number of likely N-dealkylation sites (tertiary alicyclic amines) is 1. The van der Waals surface area contributed by atoms with Crippen LogP contribution in [0.5, 0.6) is 0 Å². The van der Waals surface area contributed by atoms with Gasteiger partial charge in [0.25, 0.3) is 5.91 Å². The van der Waals surface area contributed by atoms with Crippen LogP contribution in [0, 0.1) is 0 Å². The van der Waals surface area contributed by atoms with E-state index in [2.05, 4.69) is 10.0 Å². The van der Waals surface area contributed by atoms with Crippen molar-refractivity contribution in [3.8, 4) is 0 Å². The van der Waals surface area contributed by atoms with E-state index >= 15 is 0 Å². The van der Waals surface area contributed by atoms with E-state index < -0.39 is 10.0 Å². The van der Waals surface area contributed by atoms with Crippen molar-refractivity contribution in [2.24, 2.45) is 0 Å². The van der Waals surface area contributed by atoms with Gasteiger partial charge in [0.15, 0.2) is 0 Å². The Morgan fingerprint density at radius 3 is 2.96 bits per heavy atom. The lowest BCUT2D eigenvalue weighted by Crippen LogP contribution is -2.49. The molecule has 1 saturated heterocycles. The first kappa shape index (κ1) is 18.2. The van der Waals surface area contributed by atoms with E-state index in [4.69, 9.17) is 0 Å². The van der Waals surface area contributed by atoms with Gasteiger partial charge in [-0.1, -0.05) is 0 Å². The van der Waals surface area contributed by atoms with Crippen molar-refractivity contribution in [3.63, 3.8) is 0 Å². The summed E-state index contributed by atoms with van der Waals surface area (Å²) < 4.78 is 25.2. The zero-order valence-electron chi connectivity index (χ0n) is 13.9. The number of thioether (sulfide) groups is 1. The van der Waals surface area contributed by atoms with Gasteiger partial charge >= 0.3 is 0 Å². The lowest BCUT2D eigenvalue weighted by molar-refractivity contribution is -0.113. The Balaban J connectivity index is 1.78. The number of amides is 2. The Hall–Kier alpha value is -1.58. The highest BCUT2D eigenvalue weighted by Crippen LogP contribution is 2.32. The van der Waals surface area contributed by atoms with Crippen LogP contribution >= 0.6 is 11.8 Å². The minimum atomic E-state index is -3.29. The summed E-state index contributed by atoms with van der Waals surface area (Å²) in [7, 11) is -3.29. The maximum atomic E-state index is 12.9. The van der Waals surface area contributed by atoms with E-state index in [1.54, 1.807) is 17.0 Å². The van der Waals surface area contributed by atoms with Gasteiger partial charge in [-0.15, -0.1) is 11.8 Å². The first-order valence-corrected chi connectivity index (χ1v) is 11.0. The third-order valence-electron chi connectivity index (χ3n) is 4.33. The van der Waals surface area contributed by atoms with Gasteiger partial charge in [-0.05, 0) is 37.5 Å². The lowest BCUT2D eigenvalue weighted by atomic mass is 10.0. The molecule has 2 aliphatic rings. The molecule has 2 amide bonds. The number of piperidine rings is 1. The van der Waals surface area contributed by atoms with Crippen molar-refractivity contribution in [2.75, 3.05) is 30.4 Å². The summed E-state index contributed by atoms with van der Waals surface area (Å²) in [6.45, 7) is 0.829. The molecule has 1 atom stereocenters. The molecular formula is C16H21N3O4S2. The summed E-state index contributed by atoms with van der Waals surface area (Å²) in [5.41, 5.74) is 1.17. The lowest BCUT2D eigenvalue weighted by Gasteiger charge is -2.36. The average molecular weight is 383 g/mol. The van der Waals surface area contributed by atoms with Crippen LogP contribution in [0.2, 0.25) is 0 Å². The van der Waals surface area contributed by atoms with Gasteiger partial charge in [-0.25, -0.2) is 13.1 Å². The third-order valence-corrected chi connectivity index (χ3v) is 6.09. The van der Waals surface area contributed by atoms with Crippen LogP contribution in [0.25, 0.3) is 0 Å². The minimum Gasteiger partial charge on any atom is -0.334 e. The van der Waals surface area contributed by atoms with E-state index in [0.29, 0.717) is 23.5 Å². The molecule has 2 heterocycles. The standard InChI is InChI=1S/C16H21N3O4S2/c1-25(22,23)17-9-12-4-2-3-7-19(12)16(21)11-5-6-14-13(8-11)18-15(20)10-24-14/h5-6,8,12,17H,2-4,7,9-10H2,1H3,(H,18,20)/t12-/m0/s1. The quantitative estimate of drug-likeness (QED) is 0.816. The maximum Gasteiger partial charge on any atom is 0.254 e. The molecule has 0 aliphatic carbocycles. The highest BCUT2D eigenvalue weighted by molar-refractivity contribution is 8.00. The number of nitrogens with one attached hydrogen (secondary N) is 2. The van der Waals surface area contributed by atoms with Crippen molar-refractivity contribution in [3.05, 3.63) is 23.8 Å². The number of hydrogen-bond donors (Lipinski definition) is 2. The van der Waals surface area contributed by atoms with Gasteiger partial charge in [0.05, 0.1) is 17.7 Å². The van der Waals surface area contributed by atoms with Crippen LogP contribution in [0.15, 0.2) is 23.1 Å². The van der Waals surface area contributed by atoms with Crippen LogP contribution in [0.1, 0.15) is 29.6 Å². The van der Waals surface area contributed by atoms with Crippen LogP contribution in [0.4, 0.5) is 5.69 Å². The molecule has 25 heavy (non-hydrogen) atoms. The van der Waals surface area contributed by atoms with Crippen LogP contribution in [0.3, 0.4) is 0 Å². The molecule has 1 fully saturated rings. The van der Waals surface area contributed by atoms with E-state index in [1.165, 1.54) is 11.8 Å². The Bertz CT molecular complexity index is 795. The summed E-state index contributed by atoms with van der Waals surface area (Å²) in [6, 6.07) is 5.16. The van der Waals surface area contributed by atoms with Gasteiger partial charge in [-0.2, -0.15) is 0 Å². The van der Waals surface area contributed by atoms with E-state index in [-0.39, 0.29) is 24.4 Å². The number of anilines is 1. The average Bonchev–Trinajstić information content (AvgIpc) is 2.58. The molecule has 1 aromatic carbocycles. The first-order valence-electron chi connectivity index (χ1n) is 8.16. The minimum absolute atomic E-state index is 0.0738. The van der Waals surface area contributed by atoms with Crippen molar-refractivity contribution in [1.29, 1.82) is 0 Å². The molecule has 9 heteroatoms. The van der Waals surface area contributed by atoms with Crippen molar-refractivity contribution in [1.82, 2.24) is 9.62 Å². The topological polar surface area (TPSA) is 95.6 Å². The zero-order chi connectivity index (χ0) is 18.0. The second kappa shape index (κ2) is 7.35. The Morgan fingerprint density at radius 2 is 2.20 bits per heavy atom. The molecule has 0 unspecified atom stereocenters. The number of rotatable bonds is 4. The van der Waals surface area contributed by atoms with Gasteiger partial charge in [-0.3, -0.25) is 9.59 Å². The molecule has 0 saturated carbocycles. The monoisotopic (exact) mass is 383 g/mol. The highest BCUT2D eigenvalue weighted by atomic mass is 32.2. The molecule has 1 aromatic rings. The fraction of sp³-hybridized carbons (Fsp3) is 0.500. The third kappa shape index (κ3) is 4.53. The fourth-order valence-electron chi connectivity index (χ4n) is 3.11. The molecular weight excluding hydrogens is 362 g/mol. The Morgan fingerprint density at radius 1 is 1.40 bits per heavy atom. The molecule has 7 nitrogen and oxygen atoms in total. The summed E-state index contributed by atoms with van der Waals surface area (Å²) in [5.74, 6) is 0.175. The van der Waals surface area contributed by atoms with E-state index in [9.17, 15) is 18.0 Å². The van der Waals surface area contributed by atoms with Crippen LogP contribution in [-0.4, -0.2) is 56.3 Å².